The molecule has 3 rings (SSSR count). The summed E-state index contributed by atoms with van der Waals surface area (Å²) >= 11 is 7.98. The van der Waals surface area contributed by atoms with Gasteiger partial charge in [-0.05, 0) is 12.1 Å². The normalized spacial score (nSPS) is 16.9. The molecule has 1 aromatic carbocycles. The molecule has 0 aliphatic carbocycles. The maximum Gasteiger partial charge on any atom is 0.125 e. The zero-order valence-electron chi connectivity index (χ0n) is 11.2. The third kappa shape index (κ3) is 2.95. The van der Waals surface area contributed by atoms with Crippen molar-refractivity contribution in [2.45, 2.75) is 12.4 Å². The van der Waals surface area contributed by atoms with Gasteiger partial charge in [0.25, 0.3) is 0 Å². The van der Waals surface area contributed by atoms with E-state index in [1.54, 1.807) is 6.07 Å². The Morgan fingerprint density at radius 2 is 2.05 bits per heavy atom. The van der Waals surface area contributed by atoms with Crippen LogP contribution < -0.4 is 0 Å². The molecule has 108 valence electrons. The van der Waals surface area contributed by atoms with Gasteiger partial charge in [0.15, 0.2) is 0 Å². The number of thioether (sulfide) groups is 1. The summed E-state index contributed by atoms with van der Waals surface area (Å²) in [6, 6.07) is 4.75. The van der Waals surface area contributed by atoms with E-state index in [0.29, 0.717) is 11.4 Å². The first-order valence-corrected chi connectivity index (χ1v) is 8.47. The van der Waals surface area contributed by atoms with Gasteiger partial charge in [-0.3, -0.25) is 4.90 Å². The number of hydrogen-bond acceptors (Lipinski definition) is 3. The Morgan fingerprint density at radius 3 is 2.80 bits per heavy atom. The van der Waals surface area contributed by atoms with Crippen LogP contribution >= 0.6 is 23.4 Å². The van der Waals surface area contributed by atoms with Crippen LogP contribution in [-0.2, 0) is 12.4 Å². The largest absolute Gasteiger partial charge is 0.326 e. The molecule has 0 spiro atoms. The Bertz CT molecular complexity index is 595. The van der Waals surface area contributed by atoms with Crippen LogP contribution in [0.4, 0.5) is 4.39 Å². The molecule has 1 aliphatic rings. The van der Waals surface area contributed by atoms with Crippen molar-refractivity contribution in [3.8, 4) is 0 Å². The molecule has 1 fully saturated rings. The zero-order chi connectivity index (χ0) is 13.9. The van der Waals surface area contributed by atoms with Gasteiger partial charge in [-0.15, -0.1) is 11.6 Å². The molecule has 1 aliphatic heterocycles. The minimum absolute atomic E-state index is 0.253. The number of aromatic nitrogens is 2. The zero-order valence-corrected chi connectivity index (χ0v) is 12.8. The maximum atomic E-state index is 13.3. The Hall–Kier alpha value is -0.780. The van der Waals surface area contributed by atoms with E-state index in [1.807, 2.05) is 11.8 Å². The molecule has 0 amide bonds. The van der Waals surface area contributed by atoms with Crippen LogP contribution in [0.1, 0.15) is 5.82 Å². The van der Waals surface area contributed by atoms with Crippen molar-refractivity contribution >= 4 is 34.4 Å². The highest BCUT2D eigenvalue weighted by Gasteiger charge is 2.14. The predicted octanol–water partition coefficient (Wildman–Crippen LogP) is 2.96. The first-order chi connectivity index (χ1) is 9.78. The molecule has 20 heavy (non-hydrogen) atoms. The van der Waals surface area contributed by atoms with Crippen LogP contribution in [-0.4, -0.2) is 45.6 Å². The Kier molecular flexibility index (Phi) is 4.48. The number of rotatable bonds is 4. The lowest BCUT2D eigenvalue weighted by Gasteiger charge is -2.26. The molecular weight excluding hydrogens is 297 g/mol. The average molecular weight is 314 g/mol. The van der Waals surface area contributed by atoms with Gasteiger partial charge in [-0.1, -0.05) is 0 Å². The maximum absolute atomic E-state index is 13.3. The van der Waals surface area contributed by atoms with Crippen LogP contribution in [0.5, 0.6) is 0 Å². The van der Waals surface area contributed by atoms with Crippen LogP contribution in [0.2, 0.25) is 0 Å². The van der Waals surface area contributed by atoms with Gasteiger partial charge in [0.2, 0.25) is 0 Å². The number of nitrogens with zero attached hydrogens (tertiary/aromatic N) is 3. The highest BCUT2D eigenvalue weighted by molar-refractivity contribution is 7.99. The number of imidazole rings is 1. The molecule has 6 heteroatoms. The summed E-state index contributed by atoms with van der Waals surface area (Å²) in [5.41, 5.74) is 1.66. The quantitative estimate of drug-likeness (QED) is 0.810. The van der Waals surface area contributed by atoms with E-state index in [2.05, 4.69) is 14.5 Å². The summed E-state index contributed by atoms with van der Waals surface area (Å²) in [7, 11) is 0. The van der Waals surface area contributed by atoms with E-state index < -0.39 is 0 Å². The van der Waals surface area contributed by atoms with Crippen LogP contribution in [0, 0.1) is 5.82 Å². The number of hydrogen-bond donors (Lipinski definition) is 0. The smallest absolute Gasteiger partial charge is 0.125 e. The van der Waals surface area contributed by atoms with Gasteiger partial charge >= 0.3 is 0 Å². The molecule has 0 radical (unpaired) electrons. The summed E-state index contributed by atoms with van der Waals surface area (Å²) < 4.78 is 15.4. The Balaban J connectivity index is 1.81. The summed E-state index contributed by atoms with van der Waals surface area (Å²) in [6.07, 6.45) is 0. The van der Waals surface area contributed by atoms with Crippen molar-refractivity contribution in [3.63, 3.8) is 0 Å². The molecule has 2 heterocycles. The highest BCUT2D eigenvalue weighted by atomic mass is 35.5. The number of alkyl halides is 1. The van der Waals surface area contributed by atoms with Gasteiger partial charge in [-0.25, -0.2) is 9.37 Å². The lowest BCUT2D eigenvalue weighted by atomic mass is 10.3. The third-order valence-electron chi connectivity index (χ3n) is 3.65. The van der Waals surface area contributed by atoms with Gasteiger partial charge < -0.3 is 4.57 Å². The van der Waals surface area contributed by atoms with E-state index in [1.165, 1.54) is 23.6 Å². The predicted molar refractivity (Wildman–Crippen MR) is 83.0 cm³/mol. The van der Waals surface area contributed by atoms with E-state index in [0.717, 1.165) is 37.5 Å². The second kappa shape index (κ2) is 6.33. The second-order valence-corrected chi connectivity index (χ2v) is 6.39. The van der Waals surface area contributed by atoms with E-state index in [9.17, 15) is 4.39 Å². The van der Waals surface area contributed by atoms with Crippen molar-refractivity contribution in [3.05, 3.63) is 29.8 Å². The second-order valence-electron chi connectivity index (χ2n) is 4.90. The molecule has 1 aromatic heterocycles. The molecule has 0 N–H and O–H groups in total. The van der Waals surface area contributed by atoms with Crippen molar-refractivity contribution in [1.82, 2.24) is 14.5 Å². The number of halogens is 2. The van der Waals surface area contributed by atoms with Gasteiger partial charge in [0.1, 0.15) is 11.6 Å². The first-order valence-electron chi connectivity index (χ1n) is 6.78. The van der Waals surface area contributed by atoms with Crippen molar-refractivity contribution < 1.29 is 4.39 Å². The van der Waals surface area contributed by atoms with Gasteiger partial charge in [0.05, 0.1) is 16.9 Å². The summed E-state index contributed by atoms with van der Waals surface area (Å²) in [5.74, 6) is 3.33. The summed E-state index contributed by atoms with van der Waals surface area (Å²) in [6.45, 7) is 4.13. The highest BCUT2D eigenvalue weighted by Crippen LogP contribution is 2.19. The molecule has 0 bridgehead atoms. The van der Waals surface area contributed by atoms with Crippen LogP contribution in [0.25, 0.3) is 11.0 Å². The van der Waals surface area contributed by atoms with E-state index in [4.69, 9.17) is 11.6 Å². The summed E-state index contributed by atoms with van der Waals surface area (Å²) in [4.78, 5) is 6.89. The SMILES string of the molecule is Fc1ccc2c(c1)nc(CCl)n2CCN1CCSCC1. The van der Waals surface area contributed by atoms with E-state index in [-0.39, 0.29) is 5.82 Å². The van der Waals surface area contributed by atoms with E-state index >= 15 is 0 Å². The topological polar surface area (TPSA) is 21.1 Å². The van der Waals surface area contributed by atoms with Crippen molar-refractivity contribution in [2.24, 2.45) is 0 Å². The number of fused-ring (bicyclic) bond motifs is 1. The van der Waals surface area contributed by atoms with Crippen LogP contribution in [0.3, 0.4) is 0 Å². The monoisotopic (exact) mass is 313 g/mol. The molecule has 0 atom stereocenters. The molecular formula is C14H17ClFN3S. The Morgan fingerprint density at radius 1 is 1.25 bits per heavy atom. The molecule has 2 aromatic rings. The van der Waals surface area contributed by atoms with Crippen molar-refractivity contribution in [2.75, 3.05) is 31.1 Å². The third-order valence-corrected chi connectivity index (χ3v) is 4.83. The average Bonchev–Trinajstić information content (AvgIpc) is 2.83. The minimum Gasteiger partial charge on any atom is -0.326 e. The van der Waals surface area contributed by atoms with Gasteiger partial charge in [0, 0.05) is 43.8 Å². The first kappa shape index (κ1) is 14.2. The van der Waals surface area contributed by atoms with Gasteiger partial charge in [-0.2, -0.15) is 11.8 Å². The lowest BCUT2D eigenvalue weighted by molar-refractivity contribution is 0.290. The van der Waals surface area contributed by atoms with Crippen LogP contribution in [0.15, 0.2) is 18.2 Å². The molecule has 0 saturated carbocycles. The summed E-state index contributed by atoms with van der Waals surface area (Å²) in [5, 5.41) is 0. The fourth-order valence-electron chi connectivity index (χ4n) is 2.57. The van der Waals surface area contributed by atoms with Crippen molar-refractivity contribution in [1.29, 1.82) is 0 Å². The molecule has 3 nitrogen and oxygen atoms in total. The number of benzene rings is 1. The fourth-order valence-corrected chi connectivity index (χ4v) is 3.75. The fraction of sp³-hybridized carbons (Fsp3) is 0.500. The molecule has 1 saturated heterocycles. The standard InChI is InChI=1S/C14H17ClFN3S/c15-10-14-17-12-9-11(16)1-2-13(12)19(14)4-3-18-5-7-20-8-6-18/h1-2,9H,3-8,10H2. The Labute approximate surface area is 127 Å². The molecule has 0 unspecified atom stereocenters. The minimum atomic E-state index is -0.253. The lowest BCUT2D eigenvalue weighted by Crippen LogP contribution is -2.35.